The molecule has 0 aromatic heterocycles. The first-order chi connectivity index (χ1) is 13.4. The summed E-state index contributed by atoms with van der Waals surface area (Å²) in [7, 11) is -3.41. The molecule has 148 valence electrons. The standard InChI is InChI=1S/C20H20Cl2N2O3S/c21-18-8-4-7-17(20(18)22)9-10-19(25)23-11-13-24(14-12-23)28(26,27)15-16-5-2-1-3-6-16/h1-10H,11-15H2/b10-9+. The Morgan fingerprint density at radius 3 is 2.32 bits per heavy atom. The predicted molar refractivity (Wildman–Crippen MR) is 113 cm³/mol. The Morgan fingerprint density at radius 1 is 0.964 bits per heavy atom. The Balaban J connectivity index is 1.58. The molecule has 1 saturated heterocycles. The van der Waals surface area contributed by atoms with Gasteiger partial charge in [0.15, 0.2) is 0 Å². The van der Waals surface area contributed by atoms with E-state index in [2.05, 4.69) is 0 Å². The van der Waals surface area contributed by atoms with E-state index < -0.39 is 10.0 Å². The fourth-order valence-corrected chi connectivity index (χ4v) is 4.87. The monoisotopic (exact) mass is 438 g/mol. The predicted octanol–water partition coefficient (Wildman–Crippen LogP) is 3.68. The van der Waals surface area contributed by atoms with E-state index in [1.54, 1.807) is 41.3 Å². The molecule has 1 amide bonds. The van der Waals surface area contributed by atoms with Crippen molar-refractivity contribution in [2.75, 3.05) is 26.2 Å². The number of benzene rings is 2. The lowest BCUT2D eigenvalue weighted by Crippen LogP contribution is -2.50. The molecular formula is C20H20Cl2N2O3S. The number of nitrogens with zero attached hydrogens (tertiary/aromatic N) is 2. The van der Waals surface area contributed by atoms with E-state index in [4.69, 9.17) is 23.2 Å². The van der Waals surface area contributed by atoms with Crippen LogP contribution < -0.4 is 0 Å². The van der Waals surface area contributed by atoms with Crippen molar-refractivity contribution in [3.05, 3.63) is 75.8 Å². The number of hydrogen-bond acceptors (Lipinski definition) is 3. The molecule has 1 aliphatic rings. The normalized spacial score (nSPS) is 15.9. The molecule has 1 aliphatic heterocycles. The van der Waals surface area contributed by atoms with Gasteiger partial charge in [0.25, 0.3) is 0 Å². The molecule has 0 saturated carbocycles. The molecule has 8 heteroatoms. The van der Waals surface area contributed by atoms with Crippen molar-refractivity contribution in [1.82, 2.24) is 9.21 Å². The Bertz CT molecular complexity index is 970. The number of hydrogen-bond donors (Lipinski definition) is 0. The second-order valence-electron chi connectivity index (χ2n) is 6.44. The van der Waals surface area contributed by atoms with E-state index in [0.29, 0.717) is 28.7 Å². The molecule has 0 radical (unpaired) electrons. The molecule has 2 aromatic carbocycles. The largest absolute Gasteiger partial charge is 0.337 e. The van der Waals surface area contributed by atoms with Crippen molar-refractivity contribution in [2.45, 2.75) is 5.75 Å². The Morgan fingerprint density at radius 2 is 1.64 bits per heavy atom. The van der Waals surface area contributed by atoms with Crippen LogP contribution in [0.1, 0.15) is 11.1 Å². The molecule has 0 N–H and O–H groups in total. The van der Waals surface area contributed by atoms with Crippen LogP contribution >= 0.6 is 23.2 Å². The summed E-state index contributed by atoms with van der Waals surface area (Å²) in [5.41, 5.74) is 1.41. The smallest absolute Gasteiger partial charge is 0.246 e. The van der Waals surface area contributed by atoms with Crippen LogP contribution in [0.3, 0.4) is 0 Å². The first-order valence-electron chi connectivity index (χ1n) is 8.79. The summed E-state index contributed by atoms with van der Waals surface area (Å²) in [6.07, 6.45) is 3.06. The van der Waals surface area contributed by atoms with Crippen molar-refractivity contribution in [3.8, 4) is 0 Å². The van der Waals surface area contributed by atoms with Crippen molar-refractivity contribution in [1.29, 1.82) is 0 Å². The topological polar surface area (TPSA) is 57.7 Å². The van der Waals surface area contributed by atoms with Gasteiger partial charge in [0.2, 0.25) is 15.9 Å². The molecule has 28 heavy (non-hydrogen) atoms. The van der Waals surface area contributed by atoms with E-state index >= 15 is 0 Å². The molecule has 0 spiro atoms. The SMILES string of the molecule is O=C(/C=C/c1cccc(Cl)c1Cl)N1CCN(S(=O)(=O)Cc2ccccc2)CC1. The minimum atomic E-state index is -3.41. The van der Waals surface area contributed by atoms with Gasteiger partial charge in [-0.1, -0.05) is 65.7 Å². The van der Waals surface area contributed by atoms with Crippen LogP contribution in [0, 0.1) is 0 Å². The Kier molecular flexibility index (Phi) is 6.78. The number of carbonyl (C=O) groups excluding carboxylic acids is 1. The number of sulfonamides is 1. The van der Waals surface area contributed by atoms with Crippen LogP contribution in [0.15, 0.2) is 54.6 Å². The van der Waals surface area contributed by atoms with Gasteiger partial charge in [0, 0.05) is 32.3 Å². The van der Waals surface area contributed by atoms with Crippen LogP contribution in [0.4, 0.5) is 0 Å². The van der Waals surface area contributed by atoms with Crippen LogP contribution in [0.2, 0.25) is 10.0 Å². The first kappa shape index (κ1) is 20.9. The van der Waals surface area contributed by atoms with Crippen LogP contribution in [-0.2, 0) is 20.6 Å². The third-order valence-electron chi connectivity index (χ3n) is 4.52. The van der Waals surface area contributed by atoms with Crippen molar-refractivity contribution in [3.63, 3.8) is 0 Å². The lowest BCUT2D eigenvalue weighted by atomic mass is 10.2. The third kappa shape index (κ3) is 5.14. The number of halogens is 2. The zero-order valence-corrected chi connectivity index (χ0v) is 17.4. The van der Waals surface area contributed by atoms with Gasteiger partial charge in [-0.2, -0.15) is 4.31 Å². The highest BCUT2D eigenvalue weighted by Crippen LogP contribution is 2.26. The van der Waals surface area contributed by atoms with Gasteiger partial charge in [-0.3, -0.25) is 4.79 Å². The summed E-state index contributed by atoms with van der Waals surface area (Å²) in [4.78, 5) is 14.0. The van der Waals surface area contributed by atoms with Gasteiger partial charge < -0.3 is 4.90 Å². The van der Waals surface area contributed by atoms with Gasteiger partial charge in [0.1, 0.15) is 0 Å². The van der Waals surface area contributed by atoms with E-state index in [9.17, 15) is 13.2 Å². The summed E-state index contributed by atoms with van der Waals surface area (Å²) in [5.74, 6) is -0.217. The molecule has 1 heterocycles. The second-order valence-corrected chi connectivity index (χ2v) is 9.20. The average molecular weight is 439 g/mol. The second kappa shape index (κ2) is 9.09. The zero-order chi connectivity index (χ0) is 20.1. The van der Waals surface area contributed by atoms with Gasteiger partial charge in [-0.05, 0) is 23.3 Å². The highest BCUT2D eigenvalue weighted by molar-refractivity contribution is 7.88. The summed E-state index contributed by atoms with van der Waals surface area (Å²) in [6, 6.07) is 14.3. The highest BCUT2D eigenvalue weighted by atomic mass is 35.5. The molecule has 0 aliphatic carbocycles. The molecule has 0 bridgehead atoms. The minimum absolute atomic E-state index is 0.0328. The maximum atomic E-state index is 12.6. The van der Waals surface area contributed by atoms with Crippen molar-refractivity contribution < 1.29 is 13.2 Å². The number of piperazine rings is 1. The zero-order valence-electron chi connectivity index (χ0n) is 15.1. The molecule has 0 unspecified atom stereocenters. The number of carbonyl (C=O) groups is 1. The molecular weight excluding hydrogens is 419 g/mol. The molecule has 0 atom stereocenters. The maximum Gasteiger partial charge on any atom is 0.246 e. The Labute approximate surface area is 175 Å². The summed E-state index contributed by atoms with van der Waals surface area (Å²) < 4.78 is 26.6. The van der Waals surface area contributed by atoms with Crippen LogP contribution in [0.25, 0.3) is 6.08 Å². The quantitative estimate of drug-likeness (QED) is 0.668. The van der Waals surface area contributed by atoms with Crippen LogP contribution in [0.5, 0.6) is 0 Å². The van der Waals surface area contributed by atoms with E-state index in [1.807, 2.05) is 18.2 Å². The molecule has 1 fully saturated rings. The maximum absolute atomic E-state index is 12.6. The molecule has 2 aromatic rings. The van der Waals surface area contributed by atoms with E-state index in [1.165, 1.54) is 10.4 Å². The minimum Gasteiger partial charge on any atom is -0.337 e. The summed E-state index contributed by atoms with van der Waals surface area (Å²) >= 11 is 12.1. The first-order valence-corrected chi connectivity index (χ1v) is 11.2. The third-order valence-corrected chi connectivity index (χ3v) is 7.21. The van der Waals surface area contributed by atoms with E-state index in [-0.39, 0.29) is 24.7 Å². The van der Waals surface area contributed by atoms with Crippen molar-refractivity contribution >= 4 is 45.2 Å². The van der Waals surface area contributed by atoms with Gasteiger partial charge in [-0.25, -0.2) is 8.42 Å². The van der Waals surface area contributed by atoms with Gasteiger partial charge in [-0.15, -0.1) is 0 Å². The molecule has 5 nitrogen and oxygen atoms in total. The fraction of sp³-hybridized carbons (Fsp3) is 0.250. The van der Waals surface area contributed by atoms with E-state index in [0.717, 1.165) is 5.56 Å². The van der Waals surface area contributed by atoms with Gasteiger partial charge >= 0.3 is 0 Å². The number of amides is 1. The summed E-state index contributed by atoms with van der Waals surface area (Å²) in [5, 5.41) is 0.818. The molecule has 3 rings (SSSR count). The lowest BCUT2D eigenvalue weighted by Gasteiger charge is -2.33. The number of rotatable bonds is 5. The fourth-order valence-electron chi connectivity index (χ4n) is 2.98. The summed E-state index contributed by atoms with van der Waals surface area (Å²) in [6.45, 7) is 1.26. The Hall–Kier alpha value is -1.86. The van der Waals surface area contributed by atoms with Crippen LogP contribution in [-0.4, -0.2) is 49.7 Å². The lowest BCUT2D eigenvalue weighted by molar-refractivity contribution is -0.127. The average Bonchev–Trinajstić information content (AvgIpc) is 2.69. The highest BCUT2D eigenvalue weighted by Gasteiger charge is 2.28. The van der Waals surface area contributed by atoms with Crippen molar-refractivity contribution in [2.24, 2.45) is 0 Å². The van der Waals surface area contributed by atoms with Gasteiger partial charge in [0.05, 0.1) is 15.8 Å².